The molecule has 1 saturated carbocycles. The first kappa shape index (κ1) is 28.8. The lowest BCUT2D eigenvalue weighted by Crippen LogP contribution is -2.20. The van der Waals surface area contributed by atoms with Crippen molar-refractivity contribution in [3.63, 3.8) is 0 Å². The lowest BCUT2D eigenvalue weighted by atomic mass is 9.74. The predicted octanol–water partition coefficient (Wildman–Crippen LogP) is 9.19. The van der Waals surface area contributed by atoms with E-state index < -0.39 is 0 Å². The third-order valence-corrected chi connectivity index (χ3v) is 7.43. The summed E-state index contributed by atoms with van der Waals surface area (Å²) < 4.78 is 17.2. The van der Waals surface area contributed by atoms with Gasteiger partial charge in [0.05, 0.1) is 18.8 Å². The number of benzene rings is 2. The fraction of sp³-hybridized carbons (Fsp3) is 0.545. The van der Waals surface area contributed by atoms with Crippen LogP contribution in [0.4, 0.5) is 0 Å². The van der Waals surface area contributed by atoms with Crippen LogP contribution in [0.5, 0.6) is 17.2 Å². The van der Waals surface area contributed by atoms with Gasteiger partial charge in [-0.3, -0.25) is 0 Å². The van der Waals surface area contributed by atoms with Crippen LogP contribution in [-0.2, 0) is 0 Å². The molecular formula is C33H46O4. The fourth-order valence-corrected chi connectivity index (χ4v) is 5.27. The Morgan fingerprint density at radius 2 is 1.35 bits per heavy atom. The number of esters is 1. The van der Waals surface area contributed by atoms with E-state index in [9.17, 15) is 4.79 Å². The number of carbonyl (C=O) groups excluding carboxylic acids is 1. The van der Waals surface area contributed by atoms with Gasteiger partial charge >= 0.3 is 5.97 Å². The molecule has 0 aromatic heterocycles. The van der Waals surface area contributed by atoms with Gasteiger partial charge in [-0.25, -0.2) is 4.79 Å². The van der Waals surface area contributed by atoms with Crippen LogP contribution in [0.3, 0.4) is 0 Å². The summed E-state index contributed by atoms with van der Waals surface area (Å²) in [6.45, 7) is 7.41. The molecule has 0 bridgehead atoms. The van der Waals surface area contributed by atoms with Crippen LogP contribution in [0.1, 0.15) is 101 Å². The average Bonchev–Trinajstić information content (AvgIpc) is 2.93. The van der Waals surface area contributed by atoms with E-state index in [0.29, 0.717) is 17.9 Å². The van der Waals surface area contributed by atoms with Crippen LogP contribution in [0, 0.1) is 11.8 Å². The molecule has 4 nitrogen and oxygen atoms in total. The molecule has 4 heteroatoms. The summed E-state index contributed by atoms with van der Waals surface area (Å²) in [5.41, 5.74) is 0.495. The Morgan fingerprint density at radius 3 is 1.97 bits per heavy atom. The van der Waals surface area contributed by atoms with E-state index in [1.165, 1.54) is 57.8 Å². The Bertz CT molecular complexity index is 903. The van der Waals surface area contributed by atoms with Gasteiger partial charge in [0.15, 0.2) is 0 Å². The number of hydrogen-bond donors (Lipinski definition) is 0. The van der Waals surface area contributed by atoms with Crippen LogP contribution in [0.2, 0.25) is 0 Å². The van der Waals surface area contributed by atoms with Gasteiger partial charge in [0.1, 0.15) is 17.2 Å². The highest BCUT2D eigenvalue weighted by atomic mass is 16.5. The molecule has 0 amide bonds. The molecule has 1 aliphatic rings. The summed E-state index contributed by atoms with van der Waals surface area (Å²) in [6, 6.07) is 14.4. The van der Waals surface area contributed by atoms with Gasteiger partial charge < -0.3 is 14.2 Å². The second-order valence-corrected chi connectivity index (χ2v) is 10.3. The van der Waals surface area contributed by atoms with E-state index in [4.69, 9.17) is 14.2 Å². The van der Waals surface area contributed by atoms with Gasteiger partial charge in [0.25, 0.3) is 0 Å². The summed E-state index contributed by atoms with van der Waals surface area (Å²) in [7, 11) is 0. The normalized spacial score (nSPS) is 17.2. The molecule has 0 heterocycles. The summed E-state index contributed by atoms with van der Waals surface area (Å²) in [6.07, 6.45) is 18.4. The maximum absolute atomic E-state index is 12.5. The number of rotatable bonds is 17. The molecule has 2 aromatic carbocycles. The van der Waals surface area contributed by atoms with Gasteiger partial charge in [-0.1, -0.05) is 64.4 Å². The Morgan fingerprint density at radius 1 is 0.784 bits per heavy atom. The molecule has 0 spiro atoms. The van der Waals surface area contributed by atoms with Crippen molar-refractivity contribution in [3.05, 3.63) is 66.7 Å². The molecule has 2 aromatic rings. The fourth-order valence-electron chi connectivity index (χ4n) is 5.27. The predicted molar refractivity (Wildman–Crippen MR) is 152 cm³/mol. The van der Waals surface area contributed by atoms with Crippen LogP contribution in [-0.4, -0.2) is 19.2 Å². The van der Waals surface area contributed by atoms with Crippen molar-refractivity contribution >= 4 is 5.97 Å². The molecule has 202 valence electrons. The second-order valence-electron chi connectivity index (χ2n) is 10.3. The topological polar surface area (TPSA) is 44.8 Å². The molecule has 0 aliphatic heterocycles. The largest absolute Gasteiger partial charge is 0.494 e. The van der Waals surface area contributed by atoms with Crippen LogP contribution in [0.15, 0.2) is 61.2 Å². The third-order valence-electron chi connectivity index (χ3n) is 7.43. The lowest BCUT2D eigenvalue weighted by molar-refractivity contribution is 0.0734. The molecule has 0 N–H and O–H groups in total. The van der Waals surface area contributed by atoms with E-state index >= 15 is 0 Å². The number of unbranched alkanes of at least 4 members (excludes halogenated alkanes) is 4. The van der Waals surface area contributed by atoms with E-state index in [-0.39, 0.29) is 5.97 Å². The number of allylic oxidation sites excluding steroid dienone is 1. The molecule has 2 atom stereocenters. The highest BCUT2D eigenvalue weighted by Crippen LogP contribution is 2.36. The SMILES string of the molecule is C=CCCCCOc1ccc(C(=O)Oc2ccc(OCCCC3CCCCC3CCCCC)cc2)cc1. The van der Waals surface area contributed by atoms with E-state index in [1.807, 2.05) is 30.3 Å². The van der Waals surface area contributed by atoms with Crippen molar-refractivity contribution in [2.75, 3.05) is 13.2 Å². The molecule has 37 heavy (non-hydrogen) atoms. The maximum Gasteiger partial charge on any atom is 0.343 e. The summed E-state index contributed by atoms with van der Waals surface area (Å²) in [5, 5.41) is 0. The zero-order valence-corrected chi connectivity index (χ0v) is 22.8. The lowest BCUT2D eigenvalue weighted by Gasteiger charge is -2.31. The second kappa shape index (κ2) is 16.9. The van der Waals surface area contributed by atoms with Gasteiger partial charge in [-0.2, -0.15) is 0 Å². The summed E-state index contributed by atoms with van der Waals surface area (Å²) in [4.78, 5) is 12.5. The van der Waals surface area contributed by atoms with Crippen molar-refractivity contribution in [2.24, 2.45) is 11.8 Å². The smallest absolute Gasteiger partial charge is 0.343 e. The van der Waals surface area contributed by atoms with Crippen molar-refractivity contribution in [1.29, 1.82) is 0 Å². The standard InChI is InChI=1S/C33H46O4/c1-3-5-7-11-25-35-30-19-17-29(18-20-30)33(34)37-32-23-21-31(22-24-32)36-26-12-16-28-15-10-9-14-27(28)13-8-6-4-2/h3,17-24,27-28H,1,4-16,25-26H2,2H3. The first-order valence-corrected chi connectivity index (χ1v) is 14.5. The van der Waals surface area contributed by atoms with Gasteiger partial charge in [-0.05, 0) is 92.5 Å². The van der Waals surface area contributed by atoms with Crippen LogP contribution >= 0.6 is 0 Å². The number of carbonyl (C=O) groups is 1. The Kier molecular flexibility index (Phi) is 13.2. The summed E-state index contributed by atoms with van der Waals surface area (Å²) in [5.74, 6) is 3.50. The van der Waals surface area contributed by atoms with Crippen molar-refractivity contribution in [1.82, 2.24) is 0 Å². The van der Waals surface area contributed by atoms with Crippen molar-refractivity contribution < 1.29 is 19.0 Å². The van der Waals surface area contributed by atoms with E-state index in [0.717, 1.165) is 55.6 Å². The molecule has 3 rings (SSSR count). The highest BCUT2D eigenvalue weighted by Gasteiger charge is 2.24. The molecular weight excluding hydrogens is 460 g/mol. The first-order valence-electron chi connectivity index (χ1n) is 14.5. The van der Waals surface area contributed by atoms with Crippen LogP contribution in [0.25, 0.3) is 0 Å². The minimum absolute atomic E-state index is 0.382. The minimum atomic E-state index is -0.382. The first-order chi connectivity index (χ1) is 18.2. The molecule has 1 fully saturated rings. The summed E-state index contributed by atoms with van der Waals surface area (Å²) >= 11 is 0. The number of ether oxygens (including phenoxy) is 3. The molecule has 1 aliphatic carbocycles. The average molecular weight is 507 g/mol. The number of hydrogen-bond acceptors (Lipinski definition) is 4. The quantitative estimate of drug-likeness (QED) is 0.0928. The Labute approximate surface area is 224 Å². The van der Waals surface area contributed by atoms with Crippen molar-refractivity contribution in [2.45, 2.75) is 90.4 Å². The van der Waals surface area contributed by atoms with Gasteiger partial charge in [-0.15, -0.1) is 6.58 Å². The van der Waals surface area contributed by atoms with Crippen molar-refractivity contribution in [3.8, 4) is 17.2 Å². The molecule has 0 radical (unpaired) electrons. The highest BCUT2D eigenvalue weighted by molar-refractivity contribution is 5.91. The zero-order valence-electron chi connectivity index (χ0n) is 22.8. The van der Waals surface area contributed by atoms with Gasteiger partial charge in [0, 0.05) is 0 Å². The zero-order chi connectivity index (χ0) is 26.1. The Balaban J connectivity index is 1.35. The maximum atomic E-state index is 12.5. The van der Waals surface area contributed by atoms with Crippen LogP contribution < -0.4 is 14.2 Å². The molecule has 0 saturated heterocycles. The Hall–Kier alpha value is -2.75. The third kappa shape index (κ3) is 10.6. The minimum Gasteiger partial charge on any atom is -0.494 e. The van der Waals surface area contributed by atoms with E-state index in [2.05, 4.69) is 13.5 Å². The van der Waals surface area contributed by atoms with E-state index in [1.54, 1.807) is 24.3 Å². The monoisotopic (exact) mass is 506 g/mol. The van der Waals surface area contributed by atoms with Gasteiger partial charge in [0.2, 0.25) is 0 Å². The molecule has 2 unspecified atom stereocenters.